The first-order valence-corrected chi connectivity index (χ1v) is 8.90. The summed E-state index contributed by atoms with van der Waals surface area (Å²) in [7, 11) is 1.67. The number of aryl methyl sites for hydroxylation is 1. The van der Waals surface area contributed by atoms with Crippen molar-refractivity contribution in [2.45, 2.75) is 20.8 Å². The molecule has 0 saturated carbocycles. The Morgan fingerprint density at radius 1 is 0.964 bits per heavy atom. The molecule has 0 saturated heterocycles. The predicted octanol–water partition coefficient (Wildman–Crippen LogP) is 3.06. The van der Waals surface area contributed by atoms with Gasteiger partial charge in [-0.05, 0) is 36.8 Å². The van der Waals surface area contributed by atoms with Gasteiger partial charge in [0.2, 0.25) is 11.8 Å². The highest BCUT2D eigenvalue weighted by atomic mass is 16.5. The monoisotopic (exact) mass is 383 g/mol. The largest absolute Gasteiger partial charge is 0.491 e. The molecule has 0 radical (unpaired) electrons. The molecule has 7 heteroatoms. The van der Waals surface area contributed by atoms with Gasteiger partial charge in [-0.25, -0.2) is 0 Å². The third-order valence-corrected chi connectivity index (χ3v) is 3.95. The number of hydrogen-bond acceptors (Lipinski definition) is 4. The maximum absolute atomic E-state index is 12.8. The van der Waals surface area contributed by atoms with Gasteiger partial charge in [0.25, 0.3) is 5.91 Å². The van der Waals surface area contributed by atoms with E-state index in [1.54, 1.807) is 25.2 Å². The summed E-state index contributed by atoms with van der Waals surface area (Å²) in [5.74, 6) is 0.00727. The molecular formula is C21H25N3O4. The van der Waals surface area contributed by atoms with Crippen molar-refractivity contribution in [2.75, 3.05) is 30.8 Å². The van der Waals surface area contributed by atoms with Gasteiger partial charge in [-0.3, -0.25) is 14.4 Å². The van der Waals surface area contributed by atoms with E-state index >= 15 is 0 Å². The van der Waals surface area contributed by atoms with Gasteiger partial charge in [0.15, 0.2) is 0 Å². The number of ether oxygens (including phenoxy) is 1. The summed E-state index contributed by atoms with van der Waals surface area (Å²) in [6.07, 6.45) is 0. The van der Waals surface area contributed by atoms with Crippen LogP contribution in [-0.4, -0.2) is 42.8 Å². The first-order valence-electron chi connectivity index (χ1n) is 8.90. The summed E-state index contributed by atoms with van der Waals surface area (Å²) in [5.41, 5.74) is 2.26. The minimum Gasteiger partial charge on any atom is -0.491 e. The summed E-state index contributed by atoms with van der Waals surface area (Å²) < 4.78 is 5.74. The van der Waals surface area contributed by atoms with Crippen LogP contribution in [0.3, 0.4) is 0 Å². The molecule has 148 valence electrons. The topological polar surface area (TPSA) is 87.7 Å². The lowest BCUT2D eigenvalue weighted by Crippen LogP contribution is -2.31. The molecule has 0 fully saturated rings. The van der Waals surface area contributed by atoms with Gasteiger partial charge in [0.05, 0.1) is 6.54 Å². The zero-order valence-corrected chi connectivity index (χ0v) is 16.5. The number of nitrogens with zero attached hydrogens (tertiary/aromatic N) is 1. The van der Waals surface area contributed by atoms with Crippen molar-refractivity contribution in [2.24, 2.45) is 0 Å². The van der Waals surface area contributed by atoms with Crippen LogP contribution in [0.5, 0.6) is 5.75 Å². The summed E-state index contributed by atoms with van der Waals surface area (Å²) >= 11 is 0. The minimum absolute atomic E-state index is 0.243. The van der Waals surface area contributed by atoms with Crippen molar-refractivity contribution in [3.05, 3.63) is 53.6 Å². The Morgan fingerprint density at radius 3 is 2.07 bits per heavy atom. The van der Waals surface area contributed by atoms with Crippen molar-refractivity contribution < 1.29 is 19.1 Å². The van der Waals surface area contributed by atoms with E-state index in [0.717, 1.165) is 11.3 Å². The van der Waals surface area contributed by atoms with Crippen molar-refractivity contribution in [3.63, 3.8) is 0 Å². The average molecular weight is 383 g/mol. The van der Waals surface area contributed by atoms with Crippen LogP contribution in [0.4, 0.5) is 11.4 Å². The third kappa shape index (κ3) is 6.12. The molecule has 0 atom stereocenters. The van der Waals surface area contributed by atoms with Crippen LogP contribution >= 0.6 is 0 Å². The molecule has 0 heterocycles. The number of carbonyl (C=O) groups is 3. The summed E-state index contributed by atoms with van der Waals surface area (Å²) in [6, 6.07) is 12.4. The standard InChI is InChI=1S/C21H25N3O4/c1-14-7-5-6-8-20(14)28-10-9-24(4)21(27)17-11-18(22-15(2)25)13-19(12-17)23-16(3)26/h5-8,11-13H,9-10H2,1-4H3,(H,22,25)(H,23,26). The SMILES string of the molecule is CC(=O)Nc1cc(NC(C)=O)cc(C(=O)N(C)CCOc2ccccc2C)c1. The molecule has 7 nitrogen and oxygen atoms in total. The maximum atomic E-state index is 12.8. The second kappa shape index (κ2) is 9.55. The van der Waals surface area contributed by atoms with Gasteiger partial charge in [-0.1, -0.05) is 18.2 Å². The lowest BCUT2D eigenvalue weighted by Gasteiger charge is -2.19. The van der Waals surface area contributed by atoms with Crippen LogP contribution in [-0.2, 0) is 9.59 Å². The Balaban J connectivity index is 2.08. The molecule has 2 aromatic carbocycles. The molecule has 0 unspecified atom stereocenters. The van der Waals surface area contributed by atoms with Crippen molar-refractivity contribution in [3.8, 4) is 5.75 Å². The maximum Gasteiger partial charge on any atom is 0.253 e. The van der Waals surface area contributed by atoms with E-state index in [2.05, 4.69) is 10.6 Å². The molecule has 2 aromatic rings. The number of carbonyl (C=O) groups excluding carboxylic acids is 3. The van der Waals surface area contributed by atoms with E-state index in [-0.39, 0.29) is 17.7 Å². The van der Waals surface area contributed by atoms with Gasteiger partial charge < -0.3 is 20.3 Å². The lowest BCUT2D eigenvalue weighted by atomic mass is 10.1. The van der Waals surface area contributed by atoms with Crippen molar-refractivity contribution in [1.82, 2.24) is 4.90 Å². The van der Waals surface area contributed by atoms with Crippen LogP contribution in [0.2, 0.25) is 0 Å². The van der Waals surface area contributed by atoms with Gasteiger partial charge in [-0.2, -0.15) is 0 Å². The number of para-hydroxylation sites is 1. The highest BCUT2D eigenvalue weighted by Crippen LogP contribution is 2.21. The van der Waals surface area contributed by atoms with E-state index < -0.39 is 0 Å². The third-order valence-electron chi connectivity index (χ3n) is 3.95. The Hall–Kier alpha value is -3.35. The lowest BCUT2D eigenvalue weighted by molar-refractivity contribution is -0.115. The van der Waals surface area contributed by atoms with Crippen LogP contribution in [0.15, 0.2) is 42.5 Å². The Morgan fingerprint density at radius 2 is 1.54 bits per heavy atom. The summed E-state index contributed by atoms with van der Waals surface area (Å²) in [4.78, 5) is 37.0. The minimum atomic E-state index is -0.265. The summed E-state index contributed by atoms with van der Waals surface area (Å²) in [6.45, 7) is 5.44. The zero-order valence-electron chi connectivity index (χ0n) is 16.5. The number of hydrogen-bond donors (Lipinski definition) is 2. The molecule has 2 N–H and O–H groups in total. The van der Waals surface area contributed by atoms with Gasteiger partial charge in [-0.15, -0.1) is 0 Å². The Bertz CT molecular complexity index is 845. The normalized spacial score (nSPS) is 10.1. The Kier molecular flexibility index (Phi) is 7.14. The number of amides is 3. The van der Waals surface area contributed by atoms with E-state index in [1.165, 1.54) is 18.7 Å². The molecule has 2 rings (SSSR count). The second-order valence-corrected chi connectivity index (χ2v) is 6.50. The first kappa shape index (κ1) is 21.0. The molecule has 28 heavy (non-hydrogen) atoms. The fourth-order valence-electron chi connectivity index (χ4n) is 2.63. The van der Waals surface area contributed by atoms with Gasteiger partial charge in [0.1, 0.15) is 12.4 Å². The van der Waals surface area contributed by atoms with Crippen molar-refractivity contribution in [1.29, 1.82) is 0 Å². The summed E-state index contributed by atoms with van der Waals surface area (Å²) in [5, 5.41) is 5.28. The number of anilines is 2. The van der Waals surface area contributed by atoms with E-state index in [1.807, 2.05) is 31.2 Å². The predicted molar refractivity (Wildman–Crippen MR) is 109 cm³/mol. The molecular weight excluding hydrogens is 358 g/mol. The van der Waals surface area contributed by atoms with Crippen molar-refractivity contribution >= 4 is 29.1 Å². The van der Waals surface area contributed by atoms with Crippen LogP contribution in [0.25, 0.3) is 0 Å². The smallest absolute Gasteiger partial charge is 0.253 e. The first-order chi connectivity index (χ1) is 13.3. The Labute approximate surface area is 164 Å². The van der Waals surface area contributed by atoms with Gasteiger partial charge >= 0.3 is 0 Å². The second-order valence-electron chi connectivity index (χ2n) is 6.50. The zero-order chi connectivity index (χ0) is 20.7. The number of benzene rings is 2. The molecule has 0 spiro atoms. The highest BCUT2D eigenvalue weighted by Gasteiger charge is 2.15. The molecule has 0 aliphatic carbocycles. The molecule has 0 aliphatic rings. The number of nitrogens with one attached hydrogen (secondary N) is 2. The fourth-order valence-corrected chi connectivity index (χ4v) is 2.63. The molecule has 0 aromatic heterocycles. The number of rotatable bonds is 7. The molecule has 3 amide bonds. The number of likely N-dealkylation sites (N-methyl/N-ethyl adjacent to an activating group) is 1. The van der Waals surface area contributed by atoms with E-state index in [4.69, 9.17) is 4.74 Å². The highest BCUT2D eigenvalue weighted by molar-refractivity contribution is 5.99. The average Bonchev–Trinajstić information content (AvgIpc) is 2.61. The van der Waals surface area contributed by atoms with Crippen LogP contribution in [0, 0.1) is 6.92 Å². The molecule has 0 aliphatic heterocycles. The fraction of sp³-hybridized carbons (Fsp3) is 0.286. The van der Waals surface area contributed by atoms with Crippen LogP contribution < -0.4 is 15.4 Å². The van der Waals surface area contributed by atoms with E-state index in [0.29, 0.717) is 30.1 Å². The molecule has 0 bridgehead atoms. The van der Waals surface area contributed by atoms with Crippen LogP contribution in [0.1, 0.15) is 29.8 Å². The van der Waals surface area contributed by atoms with Gasteiger partial charge in [0, 0.05) is 37.8 Å². The quantitative estimate of drug-likeness (QED) is 0.769. The van der Waals surface area contributed by atoms with E-state index in [9.17, 15) is 14.4 Å².